The average Bonchev–Trinajstić information content (AvgIpc) is 2.76. The minimum atomic E-state index is -3.55. The highest BCUT2D eigenvalue weighted by Gasteiger charge is 2.25. The van der Waals surface area contributed by atoms with Crippen LogP contribution in [0.5, 0.6) is 0 Å². The number of furan rings is 1. The standard InChI is InChI=1S/C15H12O3S/c1-11-15(13-9-5-6-10-14(13)18-11)19(16,17)12-7-3-2-4-8-12/h2-10H,1H3. The molecule has 0 spiro atoms. The summed E-state index contributed by atoms with van der Waals surface area (Å²) in [6.07, 6.45) is 0. The number of aryl methyl sites for hydroxylation is 1. The molecule has 0 saturated carbocycles. The SMILES string of the molecule is Cc1oc2ccccc2c1S(=O)(=O)c1ccccc1. The van der Waals surface area contributed by atoms with Crippen molar-refractivity contribution in [2.45, 2.75) is 16.7 Å². The van der Waals surface area contributed by atoms with Crippen molar-refractivity contribution in [3.05, 3.63) is 60.4 Å². The fraction of sp³-hybridized carbons (Fsp3) is 0.0667. The molecular formula is C15H12O3S. The minimum absolute atomic E-state index is 0.259. The number of hydrogen-bond acceptors (Lipinski definition) is 3. The van der Waals surface area contributed by atoms with Crippen LogP contribution in [0.25, 0.3) is 11.0 Å². The first-order valence-electron chi connectivity index (χ1n) is 5.89. The molecule has 3 rings (SSSR count). The predicted molar refractivity (Wildman–Crippen MR) is 72.8 cm³/mol. The number of sulfone groups is 1. The summed E-state index contributed by atoms with van der Waals surface area (Å²) in [6.45, 7) is 1.68. The molecule has 0 amide bonds. The maximum Gasteiger partial charge on any atom is 0.210 e. The Morgan fingerprint density at radius 2 is 1.53 bits per heavy atom. The summed E-state index contributed by atoms with van der Waals surface area (Å²) in [7, 11) is -3.55. The van der Waals surface area contributed by atoms with E-state index in [2.05, 4.69) is 0 Å². The first kappa shape index (κ1) is 12.0. The molecule has 3 nitrogen and oxygen atoms in total. The molecule has 0 unspecified atom stereocenters. The molecule has 4 heteroatoms. The van der Waals surface area contributed by atoms with Crippen LogP contribution in [0.2, 0.25) is 0 Å². The summed E-state index contributed by atoms with van der Waals surface area (Å²) in [4.78, 5) is 0.541. The van der Waals surface area contributed by atoms with Gasteiger partial charge in [-0.05, 0) is 31.2 Å². The molecule has 0 aliphatic carbocycles. The Labute approximate surface area is 111 Å². The van der Waals surface area contributed by atoms with Crippen molar-refractivity contribution in [3.8, 4) is 0 Å². The smallest absolute Gasteiger partial charge is 0.210 e. The van der Waals surface area contributed by atoms with E-state index in [1.807, 2.05) is 6.07 Å². The van der Waals surface area contributed by atoms with Gasteiger partial charge >= 0.3 is 0 Å². The maximum absolute atomic E-state index is 12.7. The Balaban J connectivity index is 2.34. The average molecular weight is 272 g/mol. The zero-order valence-corrected chi connectivity index (χ0v) is 11.1. The van der Waals surface area contributed by atoms with Crippen molar-refractivity contribution >= 4 is 20.8 Å². The van der Waals surface area contributed by atoms with E-state index in [4.69, 9.17) is 4.42 Å². The quantitative estimate of drug-likeness (QED) is 0.716. The normalized spacial score (nSPS) is 11.8. The van der Waals surface area contributed by atoms with E-state index in [0.29, 0.717) is 16.7 Å². The Kier molecular flexibility index (Phi) is 2.68. The molecule has 1 aromatic heterocycles. The van der Waals surface area contributed by atoms with E-state index < -0.39 is 9.84 Å². The third-order valence-electron chi connectivity index (χ3n) is 3.04. The largest absolute Gasteiger partial charge is 0.460 e. The van der Waals surface area contributed by atoms with Gasteiger partial charge in [0, 0.05) is 5.39 Å². The highest BCUT2D eigenvalue weighted by atomic mass is 32.2. The second-order valence-electron chi connectivity index (χ2n) is 4.30. The Bertz CT molecular complexity index is 830. The van der Waals surface area contributed by atoms with Crippen LogP contribution in [0.3, 0.4) is 0 Å². The number of fused-ring (bicyclic) bond motifs is 1. The van der Waals surface area contributed by atoms with Gasteiger partial charge in [-0.15, -0.1) is 0 Å². The summed E-state index contributed by atoms with van der Waals surface area (Å²) < 4.78 is 30.9. The minimum Gasteiger partial charge on any atom is -0.460 e. The van der Waals surface area contributed by atoms with Crippen molar-refractivity contribution in [2.24, 2.45) is 0 Å². The van der Waals surface area contributed by atoms with Gasteiger partial charge in [0.1, 0.15) is 16.2 Å². The molecular weight excluding hydrogens is 260 g/mol. The molecule has 2 aromatic carbocycles. The highest BCUT2D eigenvalue weighted by molar-refractivity contribution is 7.91. The molecule has 3 aromatic rings. The van der Waals surface area contributed by atoms with Gasteiger partial charge in [0.15, 0.2) is 0 Å². The predicted octanol–water partition coefficient (Wildman–Crippen LogP) is 3.57. The van der Waals surface area contributed by atoms with Gasteiger partial charge in [0.2, 0.25) is 9.84 Å². The summed E-state index contributed by atoms with van der Waals surface area (Å²) in [6, 6.07) is 15.6. The first-order valence-corrected chi connectivity index (χ1v) is 7.37. The Morgan fingerprint density at radius 1 is 0.895 bits per heavy atom. The molecule has 0 radical (unpaired) electrons. The molecule has 0 N–H and O–H groups in total. The van der Waals surface area contributed by atoms with Crippen LogP contribution in [-0.2, 0) is 9.84 Å². The number of hydrogen-bond donors (Lipinski definition) is 0. The summed E-state index contributed by atoms with van der Waals surface area (Å²) in [5.74, 6) is 0.421. The molecule has 96 valence electrons. The number of para-hydroxylation sites is 1. The van der Waals surface area contributed by atoms with E-state index in [-0.39, 0.29) is 9.79 Å². The third-order valence-corrected chi connectivity index (χ3v) is 4.97. The zero-order chi connectivity index (χ0) is 13.5. The molecule has 0 atom stereocenters. The van der Waals surface area contributed by atoms with Gasteiger partial charge in [0.05, 0.1) is 4.90 Å². The van der Waals surface area contributed by atoms with E-state index in [1.54, 1.807) is 55.5 Å². The summed E-state index contributed by atoms with van der Waals surface area (Å²) >= 11 is 0. The second kappa shape index (κ2) is 4.24. The fourth-order valence-electron chi connectivity index (χ4n) is 2.20. The Morgan fingerprint density at radius 3 is 2.26 bits per heavy atom. The van der Waals surface area contributed by atoms with Gasteiger partial charge in [-0.25, -0.2) is 8.42 Å². The lowest BCUT2D eigenvalue weighted by Gasteiger charge is -2.03. The lowest BCUT2D eigenvalue weighted by Crippen LogP contribution is -2.02. The van der Waals surface area contributed by atoms with Crippen LogP contribution in [0.15, 0.2) is 68.8 Å². The summed E-state index contributed by atoms with van der Waals surface area (Å²) in [5.41, 5.74) is 0.592. The lowest BCUT2D eigenvalue weighted by molar-refractivity contribution is 0.557. The molecule has 1 heterocycles. The molecule has 0 saturated heterocycles. The van der Waals surface area contributed by atoms with Crippen LogP contribution in [-0.4, -0.2) is 8.42 Å². The van der Waals surface area contributed by atoms with Crippen LogP contribution >= 0.6 is 0 Å². The third kappa shape index (κ3) is 1.85. The van der Waals surface area contributed by atoms with Crippen molar-refractivity contribution in [1.29, 1.82) is 0 Å². The summed E-state index contributed by atoms with van der Waals surface area (Å²) in [5, 5.41) is 0.629. The van der Waals surface area contributed by atoms with Crippen molar-refractivity contribution in [1.82, 2.24) is 0 Å². The van der Waals surface area contributed by atoms with E-state index in [9.17, 15) is 8.42 Å². The van der Waals surface area contributed by atoms with Crippen molar-refractivity contribution in [3.63, 3.8) is 0 Å². The lowest BCUT2D eigenvalue weighted by atomic mass is 10.2. The van der Waals surface area contributed by atoms with E-state index >= 15 is 0 Å². The number of rotatable bonds is 2. The van der Waals surface area contributed by atoms with Gasteiger partial charge < -0.3 is 4.42 Å². The highest BCUT2D eigenvalue weighted by Crippen LogP contribution is 2.33. The molecule has 0 fully saturated rings. The zero-order valence-electron chi connectivity index (χ0n) is 10.3. The van der Waals surface area contributed by atoms with E-state index in [0.717, 1.165) is 0 Å². The monoisotopic (exact) mass is 272 g/mol. The second-order valence-corrected chi connectivity index (χ2v) is 6.19. The van der Waals surface area contributed by atoms with Crippen LogP contribution in [0.4, 0.5) is 0 Å². The van der Waals surface area contributed by atoms with Gasteiger partial charge in [-0.3, -0.25) is 0 Å². The molecule has 0 aliphatic rings. The van der Waals surface area contributed by atoms with Crippen molar-refractivity contribution < 1.29 is 12.8 Å². The van der Waals surface area contributed by atoms with Crippen LogP contribution < -0.4 is 0 Å². The molecule has 0 aliphatic heterocycles. The number of benzene rings is 2. The maximum atomic E-state index is 12.7. The first-order chi connectivity index (χ1) is 9.10. The van der Waals surface area contributed by atoms with Crippen molar-refractivity contribution in [2.75, 3.05) is 0 Å². The topological polar surface area (TPSA) is 47.3 Å². The van der Waals surface area contributed by atoms with Gasteiger partial charge in [-0.2, -0.15) is 0 Å². The fourth-order valence-corrected chi connectivity index (χ4v) is 3.83. The Hall–Kier alpha value is -2.07. The van der Waals surface area contributed by atoms with Crippen LogP contribution in [0, 0.1) is 6.92 Å². The van der Waals surface area contributed by atoms with E-state index in [1.165, 1.54) is 0 Å². The van der Waals surface area contributed by atoms with Gasteiger partial charge in [0.25, 0.3) is 0 Å². The van der Waals surface area contributed by atoms with Gasteiger partial charge in [-0.1, -0.05) is 30.3 Å². The molecule has 19 heavy (non-hydrogen) atoms. The molecule has 0 bridgehead atoms. The van der Waals surface area contributed by atoms with Crippen LogP contribution in [0.1, 0.15) is 5.76 Å².